The van der Waals surface area contributed by atoms with E-state index in [1.54, 1.807) is 6.92 Å². The van der Waals surface area contributed by atoms with Crippen LogP contribution in [0, 0.1) is 0 Å². The van der Waals surface area contributed by atoms with Crippen LogP contribution in [0.5, 0.6) is 0 Å². The minimum Gasteiger partial charge on any atom is -0.480 e. The van der Waals surface area contributed by atoms with Crippen molar-refractivity contribution in [3.05, 3.63) is 42.0 Å². The lowest BCUT2D eigenvalue weighted by Gasteiger charge is -2.20. The molecule has 1 rings (SSSR count). The van der Waals surface area contributed by atoms with Gasteiger partial charge in [0.2, 0.25) is 0 Å². The maximum atomic E-state index is 12.2. The van der Waals surface area contributed by atoms with Crippen molar-refractivity contribution >= 4 is 29.6 Å². The summed E-state index contributed by atoms with van der Waals surface area (Å²) in [6.45, 7) is 9.64. The molecule has 0 atom stereocenters. The molecule has 16 nitrogen and oxygen atoms in total. The van der Waals surface area contributed by atoms with Crippen molar-refractivity contribution in [2.75, 3.05) is 124 Å². The maximum Gasteiger partial charge on any atom is 0.338 e. The molecule has 1 aromatic rings. The highest BCUT2D eigenvalue weighted by Gasteiger charge is 2.15. The summed E-state index contributed by atoms with van der Waals surface area (Å²) >= 11 is 0. The number of carboxylic acids is 2. The zero-order valence-electron chi connectivity index (χ0n) is 26.9. The van der Waals surface area contributed by atoms with Gasteiger partial charge in [-0.2, -0.15) is 0 Å². The topological polar surface area (TPSA) is 195 Å². The molecule has 47 heavy (non-hydrogen) atoms. The van der Waals surface area contributed by atoms with Gasteiger partial charge in [-0.1, -0.05) is 6.58 Å². The van der Waals surface area contributed by atoms with Crippen LogP contribution in [0.4, 0.5) is 5.69 Å². The summed E-state index contributed by atoms with van der Waals surface area (Å²) in [7, 11) is 0. The van der Waals surface area contributed by atoms with Crippen molar-refractivity contribution in [2.45, 2.75) is 6.92 Å². The molecule has 266 valence electrons. The smallest absolute Gasteiger partial charge is 0.338 e. The summed E-state index contributed by atoms with van der Waals surface area (Å²) in [6.07, 6.45) is 0. The summed E-state index contributed by atoms with van der Waals surface area (Å²) in [5, 5.41) is 17.9. The van der Waals surface area contributed by atoms with Crippen molar-refractivity contribution in [3.63, 3.8) is 0 Å². The number of aliphatic carboxylic acids is 2. The highest BCUT2D eigenvalue weighted by atomic mass is 16.6. The second kappa shape index (κ2) is 27.5. The quantitative estimate of drug-likeness (QED) is 0.0644. The maximum absolute atomic E-state index is 12.2. The third-order valence-corrected chi connectivity index (χ3v) is 5.62. The van der Waals surface area contributed by atoms with E-state index in [2.05, 4.69) is 6.58 Å². The number of nitrogens with zero attached hydrogens (tertiary/aromatic N) is 1. The molecule has 0 heterocycles. The van der Waals surface area contributed by atoms with Gasteiger partial charge in [0.15, 0.2) is 0 Å². The number of benzene rings is 1. The van der Waals surface area contributed by atoms with Crippen LogP contribution in [-0.4, -0.2) is 153 Å². The third kappa shape index (κ3) is 23.4. The Morgan fingerprint density at radius 3 is 1.19 bits per heavy atom. The molecule has 0 saturated heterocycles. The first-order valence-corrected chi connectivity index (χ1v) is 15.0. The molecule has 0 aliphatic heterocycles. The number of ether oxygens (including phenoxy) is 9. The lowest BCUT2D eigenvalue weighted by Crippen LogP contribution is -2.34. The second-order valence-corrected chi connectivity index (χ2v) is 9.53. The average Bonchev–Trinajstić information content (AvgIpc) is 3.03. The Morgan fingerprint density at radius 2 is 0.872 bits per heavy atom. The Hall–Kier alpha value is -3.64. The number of carbonyl (C=O) groups is 4. The summed E-state index contributed by atoms with van der Waals surface area (Å²) in [6, 6.07) is 5.79. The van der Waals surface area contributed by atoms with Crippen molar-refractivity contribution in [1.29, 1.82) is 0 Å². The average molecular weight is 674 g/mol. The first kappa shape index (κ1) is 41.4. The standard InChI is InChI=1S/C31H47NO15/c1-25(2)30(37)46-21-19-44-17-15-42-13-11-40-9-7-39-8-10-41-12-14-43-16-18-45-20-22-47-31(38)26-3-5-27(6-4-26)32(23-28(33)34)24-29(35)36/h3-6H,1,7-24H2,2H3,(H,33,34)(H,35,36). The van der Waals surface area contributed by atoms with Gasteiger partial charge < -0.3 is 57.7 Å². The molecule has 0 aliphatic carbocycles. The summed E-state index contributed by atoms with van der Waals surface area (Å²) in [4.78, 5) is 46.5. The molecule has 0 aliphatic rings. The van der Waals surface area contributed by atoms with E-state index < -0.39 is 37.0 Å². The van der Waals surface area contributed by atoms with Gasteiger partial charge in [-0.25, -0.2) is 9.59 Å². The van der Waals surface area contributed by atoms with Crippen molar-refractivity contribution < 1.29 is 72.0 Å². The second-order valence-electron chi connectivity index (χ2n) is 9.53. The molecule has 0 radical (unpaired) electrons. The lowest BCUT2D eigenvalue weighted by atomic mass is 10.2. The van der Waals surface area contributed by atoms with Crippen LogP contribution in [0.2, 0.25) is 0 Å². The van der Waals surface area contributed by atoms with E-state index >= 15 is 0 Å². The van der Waals surface area contributed by atoms with Gasteiger partial charge in [-0.3, -0.25) is 9.59 Å². The summed E-state index contributed by atoms with van der Waals surface area (Å²) in [5.41, 5.74) is 0.943. The molecule has 0 aromatic heterocycles. The van der Waals surface area contributed by atoms with Crippen molar-refractivity contribution in [3.8, 4) is 0 Å². The van der Waals surface area contributed by atoms with Crippen LogP contribution in [0.25, 0.3) is 0 Å². The molecule has 16 heteroatoms. The van der Waals surface area contributed by atoms with E-state index in [1.807, 2.05) is 0 Å². The van der Waals surface area contributed by atoms with Crippen LogP contribution in [0.1, 0.15) is 17.3 Å². The lowest BCUT2D eigenvalue weighted by molar-refractivity contribution is -0.141. The van der Waals surface area contributed by atoms with E-state index in [0.717, 1.165) is 4.90 Å². The van der Waals surface area contributed by atoms with Crippen LogP contribution in [-0.2, 0) is 57.0 Å². The monoisotopic (exact) mass is 673 g/mol. The van der Waals surface area contributed by atoms with Gasteiger partial charge >= 0.3 is 23.9 Å². The number of hydrogen-bond donors (Lipinski definition) is 2. The van der Waals surface area contributed by atoms with E-state index in [0.29, 0.717) is 97.1 Å². The fraction of sp³-hybridized carbons (Fsp3) is 0.613. The number of esters is 2. The van der Waals surface area contributed by atoms with Crippen LogP contribution in [0.15, 0.2) is 36.4 Å². The van der Waals surface area contributed by atoms with E-state index in [-0.39, 0.29) is 25.4 Å². The molecule has 0 amide bonds. The Morgan fingerprint density at radius 1 is 0.553 bits per heavy atom. The summed E-state index contributed by atoms with van der Waals surface area (Å²) < 4.78 is 47.8. The van der Waals surface area contributed by atoms with Crippen molar-refractivity contribution in [2.24, 2.45) is 0 Å². The Labute approximate surface area is 274 Å². The third-order valence-electron chi connectivity index (χ3n) is 5.62. The SMILES string of the molecule is C=C(C)C(=O)OCCOCCOCCOCCOCCOCCOCCOCCOC(=O)c1ccc(N(CC(=O)O)CC(=O)O)cc1. The molecule has 0 saturated carbocycles. The number of carbonyl (C=O) groups excluding carboxylic acids is 2. The molecule has 2 N–H and O–H groups in total. The van der Waals surface area contributed by atoms with Gasteiger partial charge in [-0.05, 0) is 31.2 Å². The number of rotatable bonds is 31. The minimum atomic E-state index is -1.17. The number of hydrogen-bond acceptors (Lipinski definition) is 14. The fourth-order valence-electron chi connectivity index (χ4n) is 3.39. The Kier molecular flexibility index (Phi) is 24.2. The minimum absolute atomic E-state index is 0.0289. The van der Waals surface area contributed by atoms with Crippen molar-refractivity contribution in [1.82, 2.24) is 0 Å². The number of carboxylic acid groups (broad SMARTS) is 2. The summed E-state index contributed by atoms with van der Waals surface area (Å²) in [5.74, 6) is -3.37. The molecular weight excluding hydrogens is 626 g/mol. The zero-order valence-corrected chi connectivity index (χ0v) is 26.9. The first-order chi connectivity index (χ1) is 22.7. The predicted molar refractivity (Wildman–Crippen MR) is 166 cm³/mol. The molecular formula is C31H47NO15. The van der Waals surface area contributed by atoms with E-state index in [4.69, 9.17) is 52.8 Å². The molecule has 0 unspecified atom stereocenters. The van der Waals surface area contributed by atoms with Gasteiger partial charge in [0, 0.05) is 11.3 Å². The Bertz CT molecular complexity index is 1020. The van der Waals surface area contributed by atoms with Gasteiger partial charge in [0.05, 0.1) is 98.1 Å². The van der Waals surface area contributed by atoms with Gasteiger partial charge in [-0.15, -0.1) is 0 Å². The largest absolute Gasteiger partial charge is 0.480 e. The molecule has 1 aromatic carbocycles. The normalized spacial score (nSPS) is 10.8. The van der Waals surface area contributed by atoms with E-state index in [1.165, 1.54) is 24.3 Å². The highest BCUT2D eigenvalue weighted by molar-refractivity contribution is 5.90. The zero-order chi connectivity index (χ0) is 34.5. The number of anilines is 1. The van der Waals surface area contributed by atoms with Crippen LogP contribution in [0.3, 0.4) is 0 Å². The Balaban J connectivity index is 1.86. The predicted octanol–water partition coefficient (Wildman–Crippen LogP) is 1.05. The highest BCUT2D eigenvalue weighted by Crippen LogP contribution is 2.16. The van der Waals surface area contributed by atoms with E-state index in [9.17, 15) is 19.2 Å². The van der Waals surface area contributed by atoms with Crippen LogP contribution >= 0.6 is 0 Å². The van der Waals surface area contributed by atoms with Crippen LogP contribution < -0.4 is 4.90 Å². The van der Waals surface area contributed by atoms with Gasteiger partial charge in [0.1, 0.15) is 26.3 Å². The molecule has 0 spiro atoms. The first-order valence-electron chi connectivity index (χ1n) is 15.0. The van der Waals surface area contributed by atoms with Gasteiger partial charge in [0.25, 0.3) is 0 Å². The molecule has 0 fully saturated rings. The fourth-order valence-corrected chi connectivity index (χ4v) is 3.39. The molecule has 0 bridgehead atoms.